The highest BCUT2D eigenvalue weighted by atomic mass is 19.1. The SMILES string of the molecule is C[C@@H]1CO[C@@]23CCC[C@@H]2n2cc(C(=O)NCc4c(F)cc(F)cc4F)c(=O)c(O)c2C(=O)N13. The number of carbonyl (C=O) groups is 2. The van der Waals surface area contributed by atoms with Crippen molar-refractivity contribution in [1.29, 1.82) is 0 Å². The Balaban J connectivity index is 1.52. The van der Waals surface area contributed by atoms with E-state index in [9.17, 15) is 32.7 Å². The lowest BCUT2D eigenvalue weighted by Crippen LogP contribution is -2.58. The maximum Gasteiger partial charge on any atom is 0.277 e. The zero-order valence-corrected chi connectivity index (χ0v) is 17.5. The zero-order chi connectivity index (χ0) is 23.7. The molecule has 2 aromatic rings. The number of aromatic nitrogens is 1. The van der Waals surface area contributed by atoms with E-state index in [0.29, 0.717) is 31.6 Å². The van der Waals surface area contributed by atoms with Crippen molar-refractivity contribution in [3.05, 3.63) is 62.8 Å². The van der Waals surface area contributed by atoms with E-state index >= 15 is 0 Å². The van der Waals surface area contributed by atoms with Crippen LogP contribution >= 0.6 is 0 Å². The van der Waals surface area contributed by atoms with Gasteiger partial charge in [0.1, 0.15) is 23.0 Å². The van der Waals surface area contributed by atoms with E-state index in [0.717, 1.165) is 6.42 Å². The number of aromatic hydroxyl groups is 1. The Kier molecular flexibility index (Phi) is 4.78. The van der Waals surface area contributed by atoms with Crippen molar-refractivity contribution in [2.24, 2.45) is 0 Å². The number of carbonyl (C=O) groups excluding carboxylic acids is 2. The second-order valence-corrected chi connectivity index (χ2v) is 8.60. The molecule has 2 fully saturated rings. The molecule has 2 aliphatic heterocycles. The molecule has 0 unspecified atom stereocenters. The minimum atomic E-state index is -1.19. The maximum atomic E-state index is 13.9. The Labute approximate surface area is 185 Å². The Morgan fingerprint density at radius 2 is 1.97 bits per heavy atom. The molecule has 5 rings (SSSR count). The van der Waals surface area contributed by atoms with E-state index in [1.807, 2.05) is 6.92 Å². The molecule has 1 spiro atoms. The Morgan fingerprint density at radius 1 is 1.27 bits per heavy atom. The summed E-state index contributed by atoms with van der Waals surface area (Å²) in [6, 6.07) is 0.290. The van der Waals surface area contributed by atoms with Gasteiger partial charge < -0.3 is 24.6 Å². The summed E-state index contributed by atoms with van der Waals surface area (Å²) in [5.74, 6) is -5.92. The summed E-state index contributed by atoms with van der Waals surface area (Å²) >= 11 is 0. The fraction of sp³-hybridized carbons (Fsp3) is 0.409. The highest BCUT2D eigenvalue weighted by Crippen LogP contribution is 2.52. The van der Waals surface area contributed by atoms with Crippen LogP contribution in [0.15, 0.2) is 23.1 Å². The first-order valence-corrected chi connectivity index (χ1v) is 10.5. The molecule has 1 aromatic heterocycles. The van der Waals surface area contributed by atoms with Gasteiger partial charge in [-0.25, -0.2) is 13.2 Å². The second-order valence-electron chi connectivity index (χ2n) is 8.60. The molecule has 0 radical (unpaired) electrons. The number of fused-ring (bicyclic) bond motifs is 2. The third kappa shape index (κ3) is 2.98. The van der Waals surface area contributed by atoms with Crippen LogP contribution in [0.2, 0.25) is 0 Å². The normalized spacial score (nSPS) is 25.6. The third-order valence-electron chi connectivity index (χ3n) is 6.70. The minimum Gasteiger partial charge on any atom is -0.503 e. The molecule has 33 heavy (non-hydrogen) atoms. The molecule has 3 heterocycles. The molecule has 3 atom stereocenters. The number of pyridine rings is 1. The predicted octanol–water partition coefficient (Wildman–Crippen LogP) is 2.20. The van der Waals surface area contributed by atoms with Crippen molar-refractivity contribution < 1.29 is 32.6 Å². The lowest BCUT2D eigenvalue weighted by Gasteiger charge is -2.45. The van der Waals surface area contributed by atoms with Gasteiger partial charge in [0.05, 0.1) is 18.7 Å². The lowest BCUT2D eigenvalue weighted by molar-refractivity contribution is -0.101. The van der Waals surface area contributed by atoms with Gasteiger partial charge >= 0.3 is 0 Å². The van der Waals surface area contributed by atoms with Gasteiger partial charge in [0.2, 0.25) is 5.43 Å². The van der Waals surface area contributed by atoms with Crippen molar-refractivity contribution in [3.8, 4) is 5.75 Å². The van der Waals surface area contributed by atoms with Gasteiger partial charge in [0, 0.05) is 30.4 Å². The van der Waals surface area contributed by atoms with Crippen LogP contribution in [0.25, 0.3) is 0 Å². The second kappa shape index (κ2) is 7.34. The third-order valence-corrected chi connectivity index (χ3v) is 6.70. The first-order valence-electron chi connectivity index (χ1n) is 10.5. The summed E-state index contributed by atoms with van der Waals surface area (Å²) in [5.41, 5.74) is -3.29. The van der Waals surface area contributed by atoms with Crippen LogP contribution < -0.4 is 10.7 Å². The molecule has 1 aromatic carbocycles. The van der Waals surface area contributed by atoms with E-state index < -0.39 is 69.9 Å². The molecule has 3 aliphatic rings. The molecular formula is C22H20F3N3O5. The zero-order valence-electron chi connectivity index (χ0n) is 17.5. The molecule has 11 heteroatoms. The van der Waals surface area contributed by atoms with Crippen LogP contribution in [-0.2, 0) is 11.3 Å². The van der Waals surface area contributed by atoms with Crippen LogP contribution in [0.4, 0.5) is 13.2 Å². The fourth-order valence-electron chi connectivity index (χ4n) is 5.26. The average molecular weight is 463 g/mol. The molecular weight excluding hydrogens is 443 g/mol. The van der Waals surface area contributed by atoms with Crippen LogP contribution in [0.1, 0.15) is 58.6 Å². The van der Waals surface area contributed by atoms with Gasteiger partial charge in [-0.3, -0.25) is 14.4 Å². The first-order chi connectivity index (χ1) is 15.7. The monoisotopic (exact) mass is 463 g/mol. The van der Waals surface area contributed by atoms with Gasteiger partial charge in [-0.05, 0) is 26.2 Å². The quantitative estimate of drug-likeness (QED) is 0.727. The largest absolute Gasteiger partial charge is 0.503 e. The summed E-state index contributed by atoms with van der Waals surface area (Å²) in [6.45, 7) is 1.48. The van der Waals surface area contributed by atoms with Crippen molar-refractivity contribution >= 4 is 11.8 Å². The summed E-state index contributed by atoms with van der Waals surface area (Å²) < 4.78 is 48.3. The maximum absolute atomic E-state index is 13.9. The van der Waals surface area contributed by atoms with Gasteiger partial charge in [-0.15, -0.1) is 0 Å². The number of amides is 2. The van der Waals surface area contributed by atoms with Crippen LogP contribution in [0, 0.1) is 17.5 Å². The highest BCUT2D eigenvalue weighted by Gasteiger charge is 2.60. The molecule has 0 bridgehead atoms. The van der Waals surface area contributed by atoms with Crippen molar-refractivity contribution in [1.82, 2.24) is 14.8 Å². The minimum absolute atomic E-state index is 0.216. The number of hydrogen-bond acceptors (Lipinski definition) is 5. The first kappa shape index (κ1) is 21.5. The van der Waals surface area contributed by atoms with E-state index in [1.165, 1.54) is 10.8 Å². The van der Waals surface area contributed by atoms with Crippen molar-refractivity contribution in [2.75, 3.05) is 6.61 Å². The van der Waals surface area contributed by atoms with Gasteiger partial charge in [0.15, 0.2) is 17.2 Å². The van der Waals surface area contributed by atoms with E-state index in [1.54, 1.807) is 4.90 Å². The number of benzene rings is 1. The number of rotatable bonds is 3. The summed E-state index contributed by atoms with van der Waals surface area (Å²) in [5, 5.41) is 12.8. The van der Waals surface area contributed by atoms with Crippen molar-refractivity contribution in [3.63, 3.8) is 0 Å². The fourth-order valence-corrected chi connectivity index (χ4v) is 5.26. The van der Waals surface area contributed by atoms with E-state index in [4.69, 9.17) is 4.74 Å². The molecule has 1 saturated carbocycles. The predicted molar refractivity (Wildman–Crippen MR) is 107 cm³/mol. The topological polar surface area (TPSA) is 101 Å². The number of halogens is 3. The number of nitrogens with zero attached hydrogens (tertiary/aromatic N) is 2. The number of ether oxygens (including phenoxy) is 1. The van der Waals surface area contributed by atoms with Crippen molar-refractivity contribution in [2.45, 2.75) is 50.5 Å². The molecule has 174 valence electrons. The summed E-state index contributed by atoms with van der Waals surface area (Å²) in [6.07, 6.45) is 3.09. The lowest BCUT2D eigenvalue weighted by atomic mass is 9.98. The van der Waals surface area contributed by atoms with Gasteiger partial charge in [0.25, 0.3) is 11.8 Å². The Bertz CT molecular complexity index is 1240. The smallest absolute Gasteiger partial charge is 0.277 e. The summed E-state index contributed by atoms with van der Waals surface area (Å²) in [4.78, 5) is 40.3. The molecule has 8 nitrogen and oxygen atoms in total. The highest BCUT2D eigenvalue weighted by molar-refractivity contribution is 5.99. The molecule has 1 saturated heterocycles. The van der Waals surface area contributed by atoms with Gasteiger partial charge in [-0.2, -0.15) is 0 Å². The number of hydrogen-bond donors (Lipinski definition) is 2. The molecule has 1 aliphatic carbocycles. The molecule has 2 amide bonds. The Morgan fingerprint density at radius 3 is 2.67 bits per heavy atom. The number of nitrogens with one attached hydrogen (secondary N) is 1. The van der Waals surface area contributed by atoms with Crippen LogP contribution in [-0.4, -0.2) is 44.8 Å². The van der Waals surface area contributed by atoms with Gasteiger partial charge in [-0.1, -0.05) is 0 Å². The Hall–Kier alpha value is -3.34. The van der Waals surface area contributed by atoms with E-state index in [-0.39, 0.29) is 11.7 Å². The summed E-state index contributed by atoms with van der Waals surface area (Å²) in [7, 11) is 0. The van der Waals surface area contributed by atoms with Crippen LogP contribution in [0.3, 0.4) is 0 Å². The van der Waals surface area contributed by atoms with E-state index in [2.05, 4.69) is 5.32 Å². The average Bonchev–Trinajstić information content (AvgIpc) is 3.32. The van der Waals surface area contributed by atoms with Crippen LogP contribution in [0.5, 0.6) is 5.75 Å². The molecule has 2 N–H and O–H groups in total. The standard InChI is InChI=1S/C22H20F3N3O5/c1-10-9-33-22-4-2-3-16(22)27-8-13(18(29)19(30)17(27)21(32)28(10)22)20(31)26-7-12-14(24)5-11(23)6-15(12)25/h5-6,8,10,16,30H,2-4,7,9H2,1H3,(H,26,31)/t10-,16+,22+/m1/s1.